The second kappa shape index (κ2) is 1.88. The molecule has 2 saturated heterocycles. The molecule has 68 valence electrons. The van der Waals surface area contributed by atoms with Crippen molar-refractivity contribution in [3.8, 4) is 0 Å². The van der Waals surface area contributed by atoms with Crippen molar-refractivity contribution < 1.29 is 9.47 Å². The van der Waals surface area contributed by atoms with Gasteiger partial charge in [-0.1, -0.05) is 6.92 Å². The highest BCUT2D eigenvalue weighted by atomic mass is 16.6. The van der Waals surface area contributed by atoms with E-state index in [1.807, 2.05) is 0 Å². The topological polar surface area (TPSA) is 25.1 Å². The molecule has 12 heavy (non-hydrogen) atoms. The Morgan fingerprint density at radius 1 is 1.25 bits per heavy atom. The van der Waals surface area contributed by atoms with E-state index >= 15 is 0 Å². The lowest BCUT2D eigenvalue weighted by molar-refractivity contribution is 0.137. The number of fused-ring (bicyclic) bond motifs is 1. The van der Waals surface area contributed by atoms with E-state index in [4.69, 9.17) is 9.47 Å². The number of ether oxygens (including phenoxy) is 2. The zero-order chi connectivity index (χ0) is 8.40. The Morgan fingerprint density at radius 2 is 2.00 bits per heavy atom. The maximum atomic E-state index is 5.68. The van der Waals surface area contributed by atoms with Gasteiger partial charge >= 0.3 is 0 Å². The van der Waals surface area contributed by atoms with E-state index in [2.05, 4.69) is 13.8 Å². The second-order valence-corrected chi connectivity index (χ2v) is 5.11. The van der Waals surface area contributed by atoms with Crippen LogP contribution in [0.3, 0.4) is 0 Å². The first-order valence-electron chi connectivity index (χ1n) is 4.92. The van der Waals surface area contributed by atoms with Gasteiger partial charge in [-0.05, 0) is 31.6 Å². The molecule has 1 aliphatic carbocycles. The molecule has 2 heterocycles. The maximum absolute atomic E-state index is 5.68. The largest absolute Gasteiger partial charge is 0.373 e. The van der Waals surface area contributed by atoms with Crippen molar-refractivity contribution >= 4 is 0 Å². The SMILES string of the molecule is CC1(C2CO2)CCC2OC2(C)C1. The van der Waals surface area contributed by atoms with Crippen LogP contribution in [0.5, 0.6) is 0 Å². The van der Waals surface area contributed by atoms with Crippen molar-refractivity contribution in [3.63, 3.8) is 0 Å². The van der Waals surface area contributed by atoms with Crippen LogP contribution >= 0.6 is 0 Å². The second-order valence-electron chi connectivity index (χ2n) is 5.11. The molecule has 3 aliphatic rings. The Morgan fingerprint density at radius 3 is 2.58 bits per heavy atom. The van der Waals surface area contributed by atoms with Gasteiger partial charge in [0.25, 0.3) is 0 Å². The van der Waals surface area contributed by atoms with Crippen LogP contribution < -0.4 is 0 Å². The third kappa shape index (κ3) is 0.882. The smallest absolute Gasteiger partial charge is 0.0926 e. The van der Waals surface area contributed by atoms with E-state index in [1.54, 1.807) is 0 Å². The van der Waals surface area contributed by atoms with E-state index in [0.29, 0.717) is 17.6 Å². The molecule has 4 atom stereocenters. The molecule has 3 rings (SSSR count). The minimum Gasteiger partial charge on any atom is -0.373 e. The van der Waals surface area contributed by atoms with E-state index < -0.39 is 0 Å². The standard InChI is InChI=1S/C10H16O2/c1-9(8-5-11-8)4-3-7-10(2,6-9)12-7/h7-8H,3-6H2,1-2H3. The summed E-state index contributed by atoms with van der Waals surface area (Å²) in [6.07, 6.45) is 4.85. The summed E-state index contributed by atoms with van der Waals surface area (Å²) in [5.41, 5.74) is 0.640. The van der Waals surface area contributed by atoms with Crippen LogP contribution in [-0.2, 0) is 9.47 Å². The summed E-state index contributed by atoms with van der Waals surface area (Å²) in [7, 11) is 0. The van der Waals surface area contributed by atoms with Crippen molar-refractivity contribution in [2.45, 2.75) is 50.9 Å². The van der Waals surface area contributed by atoms with E-state index in [0.717, 1.165) is 6.61 Å². The van der Waals surface area contributed by atoms with Gasteiger partial charge in [0.05, 0.1) is 24.4 Å². The molecule has 0 aromatic carbocycles. The fourth-order valence-electron chi connectivity index (χ4n) is 2.89. The third-order valence-electron chi connectivity index (χ3n) is 3.88. The molecule has 2 heteroatoms. The van der Waals surface area contributed by atoms with Gasteiger partial charge in [-0.2, -0.15) is 0 Å². The lowest BCUT2D eigenvalue weighted by atomic mass is 9.69. The quantitative estimate of drug-likeness (QED) is 0.557. The molecule has 0 N–H and O–H groups in total. The van der Waals surface area contributed by atoms with Gasteiger partial charge in [0.1, 0.15) is 0 Å². The molecule has 2 aliphatic heterocycles. The van der Waals surface area contributed by atoms with Crippen LogP contribution in [0.2, 0.25) is 0 Å². The highest BCUT2D eigenvalue weighted by Crippen LogP contribution is 2.57. The highest BCUT2D eigenvalue weighted by Gasteiger charge is 2.61. The van der Waals surface area contributed by atoms with Gasteiger partial charge in [-0.15, -0.1) is 0 Å². The molecule has 0 bridgehead atoms. The van der Waals surface area contributed by atoms with Crippen LogP contribution in [0, 0.1) is 5.41 Å². The molecule has 0 aromatic heterocycles. The first kappa shape index (κ1) is 7.34. The van der Waals surface area contributed by atoms with E-state index in [9.17, 15) is 0 Å². The monoisotopic (exact) mass is 168 g/mol. The molecule has 1 saturated carbocycles. The van der Waals surface area contributed by atoms with Gasteiger partial charge in [0.15, 0.2) is 0 Å². The minimum atomic E-state index is 0.221. The summed E-state index contributed by atoms with van der Waals surface area (Å²) in [6, 6.07) is 0. The third-order valence-corrected chi connectivity index (χ3v) is 3.88. The number of hydrogen-bond acceptors (Lipinski definition) is 2. The Bertz CT molecular complexity index is 224. The maximum Gasteiger partial charge on any atom is 0.0926 e. The summed E-state index contributed by atoms with van der Waals surface area (Å²) in [5, 5.41) is 0. The molecule has 0 spiro atoms. The zero-order valence-corrected chi connectivity index (χ0v) is 7.80. The Labute approximate surface area is 73.2 Å². The fraction of sp³-hybridized carbons (Fsp3) is 1.00. The Hall–Kier alpha value is -0.0800. The van der Waals surface area contributed by atoms with Gasteiger partial charge < -0.3 is 9.47 Å². The van der Waals surface area contributed by atoms with Crippen LogP contribution in [0.25, 0.3) is 0 Å². The average Bonchev–Trinajstić information content (AvgIpc) is 2.75. The van der Waals surface area contributed by atoms with Crippen molar-refractivity contribution in [2.24, 2.45) is 5.41 Å². The summed E-state index contributed by atoms with van der Waals surface area (Å²) in [4.78, 5) is 0. The summed E-state index contributed by atoms with van der Waals surface area (Å²) < 4.78 is 11.1. The number of rotatable bonds is 1. The van der Waals surface area contributed by atoms with Gasteiger partial charge in [-0.3, -0.25) is 0 Å². The molecular weight excluding hydrogens is 152 g/mol. The van der Waals surface area contributed by atoms with Crippen molar-refractivity contribution in [1.29, 1.82) is 0 Å². The molecule has 2 nitrogen and oxygen atoms in total. The lowest BCUT2D eigenvalue weighted by Gasteiger charge is -2.33. The van der Waals surface area contributed by atoms with Crippen LogP contribution in [-0.4, -0.2) is 24.4 Å². The number of hydrogen-bond donors (Lipinski definition) is 0. The zero-order valence-electron chi connectivity index (χ0n) is 7.80. The normalized spacial score (nSPS) is 62.5. The van der Waals surface area contributed by atoms with Crippen LogP contribution in [0.1, 0.15) is 33.1 Å². The van der Waals surface area contributed by atoms with E-state index in [-0.39, 0.29) is 5.60 Å². The van der Waals surface area contributed by atoms with Gasteiger partial charge in [-0.25, -0.2) is 0 Å². The number of epoxide rings is 2. The van der Waals surface area contributed by atoms with Gasteiger partial charge in [0, 0.05) is 0 Å². The first-order chi connectivity index (χ1) is 5.62. The first-order valence-corrected chi connectivity index (χ1v) is 4.92. The molecule has 0 amide bonds. The highest BCUT2D eigenvalue weighted by molar-refractivity contribution is 5.10. The molecule has 3 fully saturated rings. The Balaban J connectivity index is 1.79. The molecule has 0 aromatic rings. The van der Waals surface area contributed by atoms with Crippen LogP contribution in [0.4, 0.5) is 0 Å². The van der Waals surface area contributed by atoms with Crippen molar-refractivity contribution in [3.05, 3.63) is 0 Å². The van der Waals surface area contributed by atoms with Crippen molar-refractivity contribution in [1.82, 2.24) is 0 Å². The van der Waals surface area contributed by atoms with Crippen LogP contribution in [0.15, 0.2) is 0 Å². The summed E-state index contributed by atoms with van der Waals surface area (Å²) in [5.74, 6) is 0. The minimum absolute atomic E-state index is 0.221. The summed E-state index contributed by atoms with van der Waals surface area (Å²) >= 11 is 0. The molecule has 0 radical (unpaired) electrons. The lowest BCUT2D eigenvalue weighted by Crippen LogP contribution is -2.34. The average molecular weight is 168 g/mol. The van der Waals surface area contributed by atoms with E-state index in [1.165, 1.54) is 19.3 Å². The predicted octanol–water partition coefficient (Wildman–Crippen LogP) is 1.73. The summed E-state index contributed by atoms with van der Waals surface area (Å²) in [6.45, 7) is 5.59. The van der Waals surface area contributed by atoms with Gasteiger partial charge in [0.2, 0.25) is 0 Å². The Kier molecular flexibility index (Phi) is 1.15. The fourth-order valence-corrected chi connectivity index (χ4v) is 2.89. The van der Waals surface area contributed by atoms with Crippen molar-refractivity contribution in [2.75, 3.05) is 6.61 Å². The predicted molar refractivity (Wildman–Crippen MR) is 45.0 cm³/mol. The molecular formula is C10H16O2. The molecule has 4 unspecified atom stereocenters.